The summed E-state index contributed by atoms with van der Waals surface area (Å²) < 4.78 is 7.02. The summed E-state index contributed by atoms with van der Waals surface area (Å²) in [5.74, 6) is 0.236. The van der Waals surface area contributed by atoms with Crippen molar-refractivity contribution in [2.75, 3.05) is 7.11 Å². The van der Waals surface area contributed by atoms with Gasteiger partial charge in [-0.2, -0.15) is 0 Å². The van der Waals surface area contributed by atoms with Crippen molar-refractivity contribution in [3.8, 4) is 17.1 Å². The SMILES string of the molecule is CCc1ccc(OC)c(-c2nc(C(=O)O)cn2C)c1. The second-order valence-electron chi connectivity index (χ2n) is 4.25. The fourth-order valence-corrected chi connectivity index (χ4v) is 1.97. The maximum absolute atomic E-state index is 11.0. The predicted octanol–water partition coefficient (Wildman–Crippen LogP) is 2.36. The van der Waals surface area contributed by atoms with E-state index in [0.29, 0.717) is 11.6 Å². The van der Waals surface area contributed by atoms with Gasteiger partial charge in [-0.15, -0.1) is 0 Å². The summed E-state index contributed by atoms with van der Waals surface area (Å²) in [6.07, 6.45) is 2.39. The van der Waals surface area contributed by atoms with Crippen LogP contribution in [0.3, 0.4) is 0 Å². The van der Waals surface area contributed by atoms with Gasteiger partial charge in [0.2, 0.25) is 0 Å². The van der Waals surface area contributed by atoms with Gasteiger partial charge in [0.25, 0.3) is 0 Å². The third-order valence-electron chi connectivity index (χ3n) is 3.01. The minimum atomic E-state index is -1.03. The quantitative estimate of drug-likeness (QED) is 0.916. The van der Waals surface area contributed by atoms with E-state index in [1.54, 1.807) is 18.7 Å². The number of ether oxygens (including phenoxy) is 1. The molecule has 0 saturated heterocycles. The number of aromatic nitrogens is 2. The number of imidazole rings is 1. The molecule has 0 saturated carbocycles. The first-order valence-electron chi connectivity index (χ1n) is 6.00. The first-order valence-corrected chi connectivity index (χ1v) is 6.00. The van der Waals surface area contributed by atoms with Gasteiger partial charge < -0.3 is 14.4 Å². The van der Waals surface area contributed by atoms with E-state index >= 15 is 0 Å². The van der Waals surface area contributed by atoms with Crippen molar-refractivity contribution < 1.29 is 14.6 Å². The Labute approximate surface area is 111 Å². The van der Waals surface area contributed by atoms with Crippen molar-refractivity contribution in [1.29, 1.82) is 0 Å². The van der Waals surface area contributed by atoms with Crippen LogP contribution in [0.2, 0.25) is 0 Å². The molecular formula is C14H16N2O3. The lowest BCUT2D eigenvalue weighted by atomic mass is 10.1. The molecule has 5 nitrogen and oxygen atoms in total. The van der Waals surface area contributed by atoms with Crippen LogP contribution in [0, 0.1) is 0 Å². The highest BCUT2D eigenvalue weighted by Gasteiger charge is 2.16. The Kier molecular flexibility index (Phi) is 3.55. The van der Waals surface area contributed by atoms with Gasteiger partial charge >= 0.3 is 5.97 Å². The fraction of sp³-hybridized carbons (Fsp3) is 0.286. The molecule has 0 unspecified atom stereocenters. The lowest BCUT2D eigenvalue weighted by Gasteiger charge is -2.10. The van der Waals surface area contributed by atoms with E-state index in [4.69, 9.17) is 9.84 Å². The highest BCUT2D eigenvalue weighted by Crippen LogP contribution is 2.30. The zero-order chi connectivity index (χ0) is 14.0. The number of carboxylic acid groups (broad SMARTS) is 1. The zero-order valence-corrected chi connectivity index (χ0v) is 11.2. The minimum Gasteiger partial charge on any atom is -0.496 e. The van der Waals surface area contributed by atoms with Gasteiger partial charge in [0.05, 0.1) is 12.7 Å². The van der Waals surface area contributed by atoms with E-state index < -0.39 is 5.97 Å². The monoisotopic (exact) mass is 260 g/mol. The van der Waals surface area contributed by atoms with Gasteiger partial charge in [0.15, 0.2) is 5.69 Å². The molecule has 19 heavy (non-hydrogen) atoms. The van der Waals surface area contributed by atoms with Crippen LogP contribution in [0.4, 0.5) is 0 Å². The summed E-state index contributed by atoms with van der Waals surface area (Å²) >= 11 is 0. The number of aryl methyl sites for hydroxylation is 2. The predicted molar refractivity (Wildman–Crippen MR) is 71.5 cm³/mol. The van der Waals surface area contributed by atoms with Crippen LogP contribution in [-0.2, 0) is 13.5 Å². The Balaban J connectivity index is 2.59. The highest BCUT2D eigenvalue weighted by atomic mass is 16.5. The molecule has 0 radical (unpaired) electrons. The van der Waals surface area contributed by atoms with Crippen molar-refractivity contribution in [2.24, 2.45) is 7.05 Å². The number of benzene rings is 1. The Bertz CT molecular complexity index is 617. The van der Waals surface area contributed by atoms with E-state index in [9.17, 15) is 4.79 Å². The number of carboxylic acids is 1. The first kappa shape index (κ1) is 13.1. The average Bonchev–Trinajstić information content (AvgIpc) is 2.80. The topological polar surface area (TPSA) is 64.3 Å². The molecule has 0 spiro atoms. The summed E-state index contributed by atoms with van der Waals surface area (Å²) in [6.45, 7) is 2.06. The molecule has 1 N–H and O–H groups in total. The van der Waals surface area contributed by atoms with Crippen molar-refractivity contribution in [3.63, 3.8) is 0 Å². The number of hydrogen-bond donors (Lipinski definition) is 1. The molecule has 0 aliphatic rings. The largest absolute Gasteiger partial charge is 0.496 e. The van der Waals surface area contributed by atoms with E-state index in [1.165, 1.54) is 6.20 Å². The number of aromatic carboxylic acids is 1. The van der Waals surface area contributed by atoms with Crippen LogP contribution in [0.1, 0.15) is 23.0 Å². The molecule has 1 aromatic heterocycles. The lowest BCUT2D eigenvalue weighted by Crippen LogP contribution is -1.97. The highest BCUT2D eigenvalue weighted by molar-refractivity contribution is 5.86. The van der Waals surface area contributed by atoms with E-state index in [0.717, 1.165) is 17.5 Å². The molecule has 100 valence electrons. The molecule has 0 aliphatic carbocycles. The molecule has 1 heterocycles. The van der Waals surface area contributed by atoms with Gasteiger partial charge in [0, 0.05) is 13.2 Å². The van der Waals surface area contributed by atoms with Crippen LogP contribution in [-0.4, -0.2) is 27.7 Å². The van der Waals surface area contributed by atoms with Gasteiger partial charge in [-0.3, -0.25) is 0 Å². The molecular weight excluding hydrogens is 244 g/mol. The molecule has 0 bridgehead atoms. The standard InChI is InChI=1S/C14H16N2O3/c1-4-9-5-6-12(19-3)10(7-9)13-15-11(14(17)18)8-16(13)2/h5-8H,4H2,1-3H3,(H,17,18). The number of hydrogen-bond acceptors (Lipinski definition) is 3. The molecule has 2 rings (SSSR count). The van der Waals surface area contributed by atoms with Crippen LogP contribution < -0.4 is 4.74 Å². The van der Waals surface area contributed by atoms with Gasteiger partial charge in [0.1, 0.15) is 11.6 Å². The maximum atomic E-state index is 11.0. The number of methoxy groups -OCH3 is 1. The normalized spacial score (nSPS) is 10.5. The molecule has 1 aromatic carbocycles. The summed E-state index contributed by atoms with van der Waals surface area (Å²) in [6, 6.07) is 5.85. The zero-order valence-electron chi connectivity index (χ0n) is 11.2. The Morgan fingerprint density at radius 1 is 1.47 bits per heavy atom. The summed E-state index contributed by atoms with van der Waals surface area (Å²) in [7, 11) is 3.36. The van der Waals surface area contributed by atoms with Gasteiger partial charge in [-0.05, 0) is 24.1 Å². The Morgan fingerprint density at radius 3 is 2.74 bits per heavy atom. The number of rotatable bonds is 4. The molecule has 2 aromatic rings. The van der Waals surface area contributed by atoms with Crippen molar-refractivity contribution in [3.05, 3.63) is 35.7 Å². The van der Waals surface area contributed by atoms with Gasteiger partial charge in [-0.1, -0.05) is 13.0 Å². The van der Waals surface area contributed by atoms with Crippen LogP contribution in [0.25, 0.3) is 11.4 Å². The van der Waals surface area contributed by atoms with E-state index in [1.807, 2.05) is 18.2 Å². The maximum Gasteiger partial charge on any atom is 0.356 e. The first-order chi connectivity index (χ1) is 9.06. The molecule has 5 heteroatoms. The summed E-state index contributed by atoms with van der Waals surface area (Å²) in [5, 5.41) is 8.99. The lowest BCUT2D eigenvalue weighted by molar-refractivity contribution is 0.0691. The number of carbonyl (C=O) groups is 1. The second kappa shape index (κ2) is 5.14. The van der Waals surface area contributed by atoms with Gasteiger partial charge in [-0.25, -0.2) is 9.78 Å². The van der Waals surface area contributed by atoms with Crippen LogP contribution >= 0.6 is 0 Å². The molecule has 0 fully saturated rings. The average molecular weight is 260 g/mol. The second-order valence-corrected chi connectivity index (χ2v) is 4.25. The smallest absolute Gasteiger partial charge is 0.356 e. The van der Waals surface area contributed by atoms with Crippen molar-refractivity contribution in [2.45, 2.75) is 13.3 Å². The summed E-state index contributed by atoms with van der Waals surface area (Å²) in [5.41, 5.74) is 1.98. The van der Waals surface area contributed by atoms with Crippen molar-refractivity contribution in [1.82, 2.24) is 9.55 Å². The Morgan fingerprint density at radius 2 is 2.21 bits per heavy atom. The Hall–Kier alpha value is -2.30. The molecule has 0 atom stereocenters. The molecule has 0 aliphatic heterocycles. The van der Waals surface area contributed by atoms with E-state index in [2.05, 4.69) is 11.9 Å². The van der Waals surface area contributed by atoms with Crippen LogP contribution in [0.5, 0.6) is 5.75 Å². The number of nitrogens with zero attached hydrogens (tertiary/aromatic N) is 2. The van der Waals surface area contributed by atoms with E-state index in [-0.39, 0.29) is 5.69 Å². The third-order valence-corrected chi connectivity index (χ3v) is 3.01. The fourth-order valence-electron chi connectivity index (χ4n) is 1.97. The van der Waals surface area contributed by atoms with Crippen LogP contribution in [0.15, 0.2) is 24.4 Å². The molecule has 0 amide bonds. The summed E-state index contributed by atoms with van der Waals surface area (Å²) in [4.78, 5) is 15.1. The minimum absolute atomic E-state index is 0.0291. The third kappa shape index (κ3) is 2.45. The van der Waals surface area contributed by atoms with Crippen molar-refractivity contribution >= 4 is 5.97 Å².